The van der Waals surface area contributed by atoms with Crippen LogP contribution in [0, 0.1) is 0 Å². The van der Waals surface area contributed by atoms with Crippen LogP contribution >= 0.6 is 11.6 Å². The topological polar surface area (TPSA) is 38.7 Å². The van der Waals surface area contributed by atoms with Crippen LogP contribution in [0.5, 0.6) is 11.5 Å². The molecule has 1 atom stereocenters. The van der Waals surface area contributed by atoms with Crippen molar-refractivity contribution in [2.45, 2.75) is 6.10 Å². The van der Waals surface area contributed by atoms with Crippen LogP contribution in [-0.4, -0.2) is 19.3 Å². The van der Waals surface area contributed by atoms with Crippen molar-refractivity contribution in [3.63, 3.8) is 0 Å². The second-order valence-corrected chi connectivity index (χ2v) is 4.50. The molecule has 19 heavy (non-hydrogen) atoms. The fraction of sp³-hybridized carbons (Fsp3) is 0.200. The van der Waals surface area contributed by atoms with Gasteiger partial charge < -0.3 is 14.6 Å². The number of hydrogen-bond acceptors (Lipinski definition) is 3. The molecule has 2 rings (SSSR count). The van der Waals surface area contributed by atoms with Gasteiger partial charge >= 0.3 is 0 Å². The van der Waals surface area contributed by atoms with Gasteiger partial charge in [0.1, 0.15) is 17.6 Å². The van der Waals surface area contributed by atoms with Crippen LogP contribution in [0.15, 0.2) is 42.5 Å². The minimum absolute atomic E-state index is 0.614. The lowest BCUT2D eigenvalue weighted by molar-refractivity contribution is 0.214. The van der Waals surface area contributed by atoms with Gasteiger partial charge in [0, 0.05) is 10.6 Å². The Balaban J connectivity index is 2.41. The zero-order valence-corrected chi connectivity index (χ0v) is 11.5. The predicted octanol–water partition coefficient (Wildman–Crippen LogP) is 3.44. The summed E-state index contributed by atoms with van der Waals surface area (Å²) in [4.78, 5) is 0. The van der Waals surface area contributed by atoms with Gasteiger partial charge in [-0.1, -0.05) is 23.7 Å². The van der Waals surface area contributed by atoms with Crippen molar-refractivity contribution in [2.75, 3.05) is 14.2 Å². The van der Waals surface area contributed by atoms with Crippen LogP contribution in [0.1, 0.15) is 17.2 Å². The highest BCUT2D eigenvalue weighted by molar-refractivity contribution is 6.30. The average molecular weight is 279 g/mol. The fourth-order valence-corrected chi connectivity index (χ4v) is 2.00. The number of benzene rings is 2. The van der Waals surface area contributed by atoms with E-state index >= 15 is 0 Å². The summed E-state index contributed by atoms with van der Waals surface area (Å²) < 4.78 is 10.4. The highest BCUT2D eigenvalue weighted by Crippen LogP contribution is 2.33. The van der Waals surface area contributed by atoms with E-state index in [1.807, 2.05) is 0 Å². The van der Waals surface area contributed by atoms with Crippen LogP contribution in [-0.2, 0) is 0 Å². The molecule has 2 aromatic carbocycles. The van der Waals surface area contributed by atoms with E-state index in [0.717, 1.165) is 5.56 Å². The van der Waals surface area contributed by atoms with Crippen molar-refractivity contribution < 1.29 is 14.6 Å². The van der Waals surface area contributed by atoms with Gasteiger partial charge in [0.15, 0.2) is 0 Å². The molecule has 1 N–H and O–H groups in total. The number of aliphatic hydroxyl groups excluding tert-OH is 1. The van der Waals surface area contributed by atoms with Crippen LogP contribution in [0.2, 0.25) is 5.02 Å². The molecule has 1 unspecified atom stereocenters. The lowest BCUT2D eigenvalue weighted by Gasteiger charge is -2.16. The standard InChI is InChI=1S/C15H15ClO3/c1-18-12-7-8-14(19-2)13(9-12)15(17)10-3-5-11(16)6-4-10/h3-9,15,17H,1-2H3. The molecule has 100 valence electrons. The first kappa shape index (κ1) is 13.7. The summed E-state index contributed by atoms with van der Waals surface area (Å²) in [6, 6.07) is 12.4. The second kappa shape index (κ2) is 5.95. The monoisotopic (exact) mass is 278 g/mol. The molecule has 0 aliphatic heterocycles. The summed E-state index contributed by atoms with van der Waals surface area (Å²) in [6.45, 7) is 0. The van der Waals surface area contributed by atoms with Crippen molar-refractivity contribution in [3.8, 4) is 11.5 Å². The Labute approximate surface area is 117 Å². The molecule has 2 aromatic rings. The maximum Gasteiger partial charge on any atom is 0.125 e. The predicted molar refractivity (Wildman–Crippen MR) is 75.1 cm³/mol. The van der Waals surface area contributed by atoms with Gasteiger partial charge in [-0.2, -0.15) is 0 Å². The Morgan fingerprint density at radius 1 is 1.00 bits per heavy atom. The van der Waals surface area contributed by atoms with Crippen LogP contribution in [0.25, 0.3) is 0 Å². The quantitative estimate of drug-likeness (QED) is 0.931. The molecule has 0 bridgehead atoms. The zero-order valence-electron chi connectivity index (χ0n) is 10.8. The van der Waals surface area contributed by atoms with Gasteiger partial charge in [0.05, 0.1) is 14.2 Å². The van der Waals surface area contributed by atoms with E-state index in [1.54, 1.807) is 56.7 Å². The molecule has 0 aromatic heterocycles. The molecule has 0 heterocycles. The van der Waals surface area contributed by atoms with E-state index in [4.69, 9.17) is 21.1 Å². The third-order valence-electron chi connectivity index (χ3n) is 2.92. The Hall–Kier alpha value is -1.71. The van der Waals surface area contributed by atoms with E-state index in [1.165, 1.54) is 0 Å². The number of rotatable bonds is 4. The van der Waals surface area contributed by atoms with E-state index < -0.39 is 6.10 Å². The zero-order chi connectivity index (χ0) is 13.8. The number of ether oxygens (including phenoxy) is 2. The van der Waals surface area contributed by atoms with Crippen molar-refractivity contribution >= 4 is 11.6 Å². The van der Waals surface area contributed by atoms with Crippen molar-refractivity contribution in [2.24, 2.45) is 0 Å². The van der Waals surface area contributed by atoms with Crippen LogP contribution < -0.4 is 9.47 Å². The second-order valence-electron chi connectivity index (χ2n) is 4.06. The molecule has 0 aliphatic carbocycles. The number of methoxy groups -OCH3 is 2. The smallest absolute Gasteiger partial charge is 0.125 e. The lowest BCUT2D eigenvalue weighted by Crippen LogP contribution is -2.03. The van der Waals surface area contributed by atoms with E-state index in [-0.39, 0.29) is 0 Å². The largest absolute Gasteiger partial charge is 0.497 e. The number of halogens is 1. The molecule has 0 spiro atoms. The van der Waals surface area contributed by atoms with Crippen molar-refractivity contribution in [1.29, 1.82) is 0 Å². The maximum atomic E-state index is 10.4. The van der Waals surface area contributed by atoms with Crippen molar-refractivity contribution in [3.05, 3.63) is 58.6 Å². The van der Waals surface area contributed by atoms with Gasteiger partial charge in [0.2, 0.25) is 0 Å². The Kier molecular flexibility index (Phi) is 4.30. The first-order valence-corrected chi connectivity index (χ1v) is 6.19. The molecule has 4 heteroatoms. The van der Waals surface area contributed by atoms with E-state index in [9.17, 15) is 5.11 Å². The third-order valence-corrected chi connectivity index (χ3v) is 3.17. The van der Waals surface area contributed by atoms with Crippen LogP contribution in [0.3, 0.4) is 0 Å². The first-order valence-electron chi connectivity index (χ1n) is 5.81. The SMILES string of the molecule is COc1ccc(OC)c(C(O)c2ccc(Cl)cc2)c1. The Morgan fingerprint density at radius 3 is 2.26 bits per heavy atom. The van der Waals surface area contributed by atoms with E-state index in [0.29, 0.717) is 22.1 Å². The highest BCUT2D eigenvalue weighted by Gasteiger charge is 2.16. The fourth-order valence-electron chi connectivity index (χ4n) is 1.88. The van der Waals surface area contributed by atoms with Gasteiger partial charge in [-0.05, 0) is 35.9 Å². The Bertz CT molecular complexity index is 552. The Morgan fingerprint density at radius 2 is 1.68 bits per heavy atom. The van der Waals surface area contributed by atoms with Gasteiger partial charge in [0.25, 0.3) is 0 Å². The normalized spacial score (nSPS) is 12.0. The molecule has 0 saturated carbocycles. The third kappa shape index (κ3) is 3.00. The number of hydrogen-bond donors (Lipinski definition) is 1. The molecule has 3 nitrogen and oxygen atoms in total. The summed E-state index contributed by atoms with van der Waals surface area (Å²) in [6.07, 6.45) is -0.790. The van der Waals surface area contributed by atoms with Gasteiger partial charge in [-0.15, -0.1) is 0 Å². The average Bonchev–Trinajstić information content (AvgIpc) is 2.46. The highest BCUT2D eigenvalue weighted by atomic mass is 35.5. The minimum atomic E-state index is -0.790. The lowest BCUT2D eigenvalue weighted by atomic mass is 10.0. The number of aliphatic hydroxyl groups is 1. The molecule has 0 fully saturated rings. The van der Waals surface area contributed by atoms with E-state index in [2.05, 4.69) is 0 Å². The van der Waals surface area contributed by atoms with Gasteiger partial charge in [-0.25, -0.2) is 0 Å². The minimum Gasteiger partial charge on any atom is -0.497 e. The maximum absolute atomic E-state index is 10.4. The molecule has 0 saturated heterocycles. The molecule has 0 radical (unpaired) electrons. The van der Waals surface area contributed by atoms with Crippen molar-refractivity contribution in [1.82, 2.24) is 0 Å². The molecule has 0 aliphatic rings. The van der Waals surface area contributed by atoms with Crippen LogP contribution in [0.4, 0.5) is 0 Å². The first-order chi connectivity index (χ1) is 9.15. The summed E-state index contributed by atoms with van der Waals surface area (Å²) in [5, 5.41) is 11.1. The molecular weight excluding hydrogens is 264 g/mol. The molecule has 0 amide bonds. The van der Waals surface area contributed by atoms with Gasteiger partial charge in [-0.3, -0.25) is 0 Å². The molecular formula is C15H15ClO3. The summed E-state index contributed by atoms with van der Waals surface area (Å²) >= 11 is 5.84. The summed E-state index contributed by atoms with van der Waals surface area (Å²) in [7, 11) is 3.15. The summed E-state index contributed by atoms with van der Waals surface area (Å²) in [5.74, 6) is 1.28. The summed E-state index contributed by atoms with van der Waals surface area (Å²) in [5.41, 5.74) is 1.40.